The molecule has 1 amide bonds. The van der Waals surface area contributed by atoms with Crippen molar-refractivity contribution in [3.63, 3.8) is 0 Å². The van der Waals surface area contributed by atoms with Gasteiger partial charge >= 0.3 is 0 Å². The summed E-state index contributed by atoms with van der Waals surface area (Å²) >= 11 is 0. The summed E-state index contributed by atoms with van der Waals surface area (Å²) in [4.78, 5) is 10.5. The predicted molar refractivity (Wildman–Crippen MR) is 45.2 cm³/mol. The molecule has 0 saturated heterocycles. The van der Waals surface area contributed by atoms with E-state index in [1.165, 1.54) is 0 Å². The summed E-state index contributed by atoms with van der Waals surface area (Å²) in [6.45, 7) is 5.18. The zero-order chi connectivity index (χ0) is 8.27. The van der Waals surface area contributed by atoms with Gasteiger partial charge in [-0.3, -0.25) is 4.79 Å². The van der Waals surface area contributed by atoms with Gasteiger partial charge in [0.05, 0.1) is 0 Å². The van der Waals surface area contributed by atoms with Crippen molar-refractivity contribution in [3.8, 4) is 0 Å². The van der Waals surface area contributed by atoms with Crippen LogP contribution in [0.15, 0.2) is 24.3 Å². The minimum atomic E-state index is -0.282. The van der Waals surface area contributed by atoms with Gasteiger partial charge in [-0.05, 0) is 24.6 Å². The Kier molecular flexibility index (Phi) is 2.26. The number of amides is 1. The number of rotatable bonds is 1. The summed E-state index contributed by atoms with van der Waals surface area (Å²) in [6.07, 6.45) is 0. The molecule has 57 valence electrons. The van der Waals surface area contributed by atoms with Crippen molar-refractivity contribution in [2.24, 2.45) is 0 Å². The van der Waals surface area contributed by atoms with Crippen LogP contribution in [0.1, 0.15) is 5.56 Å². The van der Waals surface area contributed by atoms with Crippen LogP contribution in [0.5, 0.6) is 0 Å². The third kappa shape index (κ3) is 2.42. The number of hydrogen-bond donors (Lipinski definition) is 1. The van der Waals surface area contributed by atoms with Gasteiger partial charge < -0.3 is 5.32 Å². The minimum absolute atomic E-state index is 0.282. The van der Waals surface area contributed by atoms with Crippen molar-refractivity contribution in [1.82, 2.24) is 0 Å². The zero-order valence-electron chi connectivity index (χ0n) is 6.42. The third-order valence-corrected chi connectivity index (χ3v) is 1.30. The average Bonchev–Trinajstić information content (AvgIpc) is 1.85. The molecule has 0 atom stereocenters. The number of anilines is 1. The van der Waals surface area contributed by atoms with Gasteiger partial charge in [0, 0.05) is 12.6 Å². The highest BCUT2D eigenvalue weighted by Crippen LogP contribution is 2.08. The normalized spacial score (nSPS) is 9.27. The van der Waals surface area contributed by atoms with E-state index in [1.54, 1.807) is 0 Å². The summed E-state index contributed by atoms with van der Waals surface area (Å²) in [5, 5.41) is 2.60. The molecular weight excluding hydrogens is 138 g/mol. The fraction of sp³-hybridized carbons (Fsp3) is 0.111. The predicted octanol–water partition coefficient (Wildman–Crippen LogP) is 1.77. The van der Waals surface area contributed by atoms with E-state index >= 15 is 0 Å². The zero-order valence-corrected chi connectivity index (χ0v) is 6.42. The monoisotopic (exact) mass is 148 g/mol. The third-order valence-electron chi connectivity index (χ3n) is 1.30. The molecule has 0 aliphatic carbocycles. The van der Waals surface area contributed by atoms with E-state index in [-0.39, 0.29) is 5.91 Å². The van der Waals surface area contributed by atoms with Gasteiger partial charge in [0.2, 0.25) is 5.91 Å². The molecular formula is C9H10NO. The fourth-order valence-electron chi connectivity index (χ4n) is 0.884. The van der Waals surface area contributed by atoms with Crippen molar-refractivity contribution < 1.29 is 4.79 Å². The van der Waals surface area contributed by atoms with Crippen LogP contribution in [0, 0.1) is 13.8 Å². The van der Waals surface area contributed by atoms with E-state index in [0.29, 0.717) is 0 Å². The standard InChI is InChI=1S/C9H10NO/c1-7-4-3-5-9(6-7)10-8(2)11/h3-6H,2H2,1H3,(H,10,11). The molecule has 0 spiro atoms. The maximum atomic E-state index is 10.5. The first-order chi connectivity index (χ1) is 5.18. The molecule has 0 heterocycles. The van der Waals surface area contributed by atoms with Crippen molar-refractivity contribution >= 4 is 11.6 Å². The van der Waals surface area contributed by atoms with Crippen LogP contribution < -0.4 is 5.32 Å². The van der Waals surface area contributed by atoms with Gasteiger partial charge in [0.25, 0.3) is 0 Å². The lowest BCUT2D eigenvalue weighted by Crippen LogP contribution is -2.05. The van der Waals surface area contributed by atoms with Crippen LogP contribution in [-0.2, 0) is 4.79 Å². The van der Waals surface area contributed by atoms with E-state index in [4.69, 9.17) is 0 Å². The fourth-order valence-corrected chi connectivity index (χ4v) is 0.884. The number of nitrogens with one attached hydrogen (secondary N) is 1. The highest BCUT2D eigenvalue weighted by Gasteiger charge is 1.93. The Hall–Kier alpha value is -1.31. The smallest absolute Gasteiger partial charge is 0.224 e. The number of hydrogen-bond acceptors (Lipinski definition) is 1. The molecule has 0 saturated carbocycles. The van der Waals surface area contributed by atoms with Crippen LogP contribution in [0.4, 0.5) is 5.69 Å². The summed E-state index contributed by atoms with van der Waals surface area (Å²) < 4.78 is 0. The number of benzene rings is 1. The molecule has 0 aliphatic heterocycles. The highest BCUT2D eigenvalue weighted by atomic mass is 16.1. The Morgan fingerprint density at radius 2 is 2.27 bits per heavy atom. The van der Waals surface area contributed by atoms with Crippen molar-refractivity contribution in [3.05, 3.63) is 36.8 Å². The first-order valence-corrected chi connectivity index (χ1v) is 3.38. The van der Waals surface area contributed by atoms with Gasteiger partial charge in [0.15, 0.2) is 0 Å². The second-order valence-corrected chi connectivity index (χ2v) is 2.42. The van der Waals surface area contributed by atoms with Gasteiger partial charge in [0.1, 0.15) is 0 Å². The summed E-state index contributed by atoms with van der Waals surface area (Å²) in [7, 11) is 0. The van der Waals surface area contributed by atoms with E-state index in [0.717, 1.165) is 11.3 Å². The maximum absolute atomic E-state index is 10.5. The van der Waals surface area contributed by atoms with Crippen LogP contribution in [0.3, 0.4) is 0 Å². The van der Waals surface area contributed by atoms with Crippen LogP contribution in [-0.4, -0.2) is 5.91 Å². The molecule has 1 radical (unpaired) electrons. The van der Waals surface area contributed by atoms with E-state index in [2.05, 4.69) is 12.2 Å². The highest BCUT2D eigenvalue weighted by molar-refractivity contribution is 5.93. The Morgan fingerprint density at radius 3 is 2.82 bits per heavy atom. The van der Waals surface area contributed by atoms with Crippen LogP contribution in [0.2, 0.25) is 0 Å². The van der Waals surface area contributed by atoms with Gasteiger partial charge in [-0.2, -0.15) is 0 Å². The molecule has 1 aromatic rings. The largest absolute Gasteiger partial charge is 0.326 e. The van der Waals surface area contributed by atoms with E-state index < -0.39 is 0 Å². The van der Waals surface area contributed by atoms with Gasteiger partial charge in [-0.25, -0.2) is 0 Å². The number of carbonyl (C=O) groups is 1. The first-order valence-electron chi connectivity index (χ1n) is 3.38. The van der Waals surface area contributed by atoms with E-state index in [1.807, 2.05) is 31.2 Å². The van der Waals surface area contributed by atoms with Gasteiger partial charge in [-0.1, -0.05) is 12.1 Å². The van der Waals surface area contributed by atoms with Crippen molar-refractivity contribution in [2.75, 3.05) is 5.32 Å². The number of aryl methyl sites for hydroxylation is 1. The molecule has 2 nitrogen and oxygen atoms in total. The van der Waals surface area contributed by atoms with Crippen molar-refractivity contribution in [1.29, 1.82) is 0 Å². The molecule has 0 unspecified atom stereocenters. The van der Waals surface area contributed by atoms with Crippen molar-refractivity contribution in [2.45, 2.75) is 6.92 Å². The molecule has 0 fully saturated rings. The molecule has 1 rings (SSSR count). The second-order valence-electron chi connectivity index (χ2n) is 2.42. The Balaban J connectivity index is 2.79. The lowest BCUT2D eigenvalue weighted by atomic mass is 10.2. The minimum Gasteiger partial charge on any atom is -0.326 e. The van der Waals surface area contributed by atoms with E-state index in [9.17, 15) is 4.79 Å². The Morgan fingerprint density at radius 1 is 1.55 bits per heavy atom. The number of carbonyl (C=O) groups excluding carboxylic acids is 1. The lowest BCUT2D eigenvalue weighted by Gasteiger charge is -2.01. The molecule has 1 N–H and O–H groups in total. The maximum Gasteiger partial charge on any atom is 0.224 e. The van der Waals surface area contributed by atoms with Gasteiger partial charge in [-0.15, -0.1) is 0 Å². The summed E-state index contributed by atoms with van der Waals surface area (Å²) in [5.74, 6) is -0.282. The molecule has 0 bridgehead atoms. The second kappa shape index (κ2) is 3.19. The first kappa shape index (κ1) is 7.79. The average molecular weight is 148 g/mol. The molecule has 2 heteroatoms. The lowest BCUT2D eigenvalue weighted by molar-refractivity contribution is -0.112. The Bertz CT molecular complexity index is 268. The summed E-state index contributed by atoms with van der Waals surface area (Å²) in [6, 6.07) is 7.58. The van der Waals surface area contributed by atoms with Crippen LogP contribution >= 0.6 is 0 Å². The topological polar surface area (TPSA) is 29.1 Å². The SMILES string of the molecule is [CH2]C(=O)Nc1cccc(C)c1. The molecule has 0 aromatic heterocycles. The summed E-state index contributed by atoms with van der Waals surface area (Å²) in [5.41, 5.74) is 1.92. The van der Waals surface area contributed by atoms with Crippen LogP contribution in [0.25, 0.3) is 0 Å². The molecule has 11 heavy (non-hydrogen) atoms. The molecule has 1 aromatic carbocycles. The quantitative estimate of drug-likeness (QED) is 0.646. The molecule has 0 aliphatic rings. The Labute approximate surface area is 66.2 Å².